The van der Waals surface area contributed by atoms with Crippen LogP contribution in [0.5, 0.6) is 5.75 Å². The standard InChI is InChI=1S/C19H23N3O5S/c20-28(25,26)18-8-6-16(7-9-18)19(24)22-13-15-4-3-5-17(12-15)27-11-2-1-10-21-14-23/h3-9,12,14H,1-2,10-11,13H2,(H,21,23)(H,22,24)(H2,20,25,26). The Labute approximate surface area is 164 Å². The van der Waals surface area contributed by atoms with Crippen molar-refractivity contribution in [3.63, 3.8) is 0 Å². The molecule has 8 nitrogen and oxygen atoms in total. The van der Waals surface area contributed by atoms with Gasteiger partial charge >= 0.3 is 0 Å². The second-order valence-corrected chi connectivity index (χ2v) is 7.59. The van der Waals surface area contributed by atoms with E-state index in [2.05, 4.69) is 10.6 Å². The third-order valence-corrected chi connectivity index (χ3v) is 4.79. The summed E-state index contributed by atoms with van der Waals surface area (Å²) in [6.45, 7) is 1.46. The molecule has 0 aliphatic rings. The van der Waals surface area contributed by atoms with Crippen molar-refractivity contribution in [3.8, 4) is 5.75 Å². The zero-order valence-electron chi connectivity index (χ0n) is 15.3. The third kappa shape index (κ3) is 7.01. The summed E-state index contributed by atoms with van der Waals surface area (Å²) >= 11 is 0. The number of rotatable bonds is 11. The van der Waals surface area contributed by atoms with Crippen LogP contribution in [0.1, 0.15) is 28.8 Å². The SMILES string of the molecule is NS(=O)(=O)c1ccc(C(=O)NCc2cccc(OCCCCNC=O)c2)cc1. The van der Waals surface area contributed by atoms with Crippen LogP contribution in [0.25, 0.3) is 0 Å². The molecule has 0 spiro atoms. The van der Waals surface area contributed by atoms with Crippen LogP contribution in [0.15, 0.2) is 53.4 Å². The van der Waals surface area contributed by atoms with Crippen molar-refractivity contribution in [1.82, 2.24) is 10.6 Å². The van der Waals surface area contributed by atoms with Gasteiger partial charge in [0.1, 0.15) is 5.75 Å². The average molecular weight is 405 g/mol. The van der Waals surface area contributed by atoms with E-state index in [0.29, 0.717) is 37.4 Å². The van der Waals surface area contributed by atoms with Gasteiger partial charge in [0.2, 0.25) is 16.4 Å². The normalized spacial score (nSPS) is 10.9. The second kappa shape index (κ2) is 10.4. The van der Waals surface area contributed by atoms with Crippen molar-refractivity contribution < 1.29 is 22.7 Å². The number of nitrogens with one attached hydrogen (secondary N) is 2. The topological polar surface area (TPSA) is 128 Å². The van der Waals surface area contributed by atoms with E-state index >= 15 is 0 Å². The molecule has 150 valence electrons. The molecule has 0 aliphatic carbocycles. The van der Waals surface area contributed by atoms with Gasteiger partial charge in [-0.2, -0.15) is 0 Å². The summed E-state index contributed by atoms with van der Waals surface area (Å²) in [5.74, 6) is 0.377. The minimum absolute atomic E-state index is 0.0455. The average Bonchev–Trinajstić information content (AvgIpc) is 2.68. The lowest BCUT2D eigenvalue weighted by molar-refractivity contribution is -0.109. The first kappa shape index (κ1) is 21.4. The van der Waals surface area contributed by atoms with Crippen molar-refractivity contribution in [3.05, 3.63) is 59.7 Å². The van der Waals surface area contributed by atoms with E-state index in [4.69, 9.17) is 9.88 Å². The van der Waals surface area contributed by atoms with Gasteiger partial charge in [0, 0.05) is 18.7 Å². The number of amides is 2. The molecule has 2 aromatic carbocycles. The summed E-state index contributed by atoms with van der Waals surface area (Å²) in [6.07, 6.45) is 2.32. The van der Waals surface area contributed by atoms with Crippen LogP contribution >= 0.6 is 0 Å². The van der Waals surface area contributed by atoms with Gasteiger partial charge in [-0.05, 0) is 54.8 Å². The number of hydrogen-bond donors (Lipinski definition) is 3. The lowest BCUT2D eigenvalue weighted by Gasteiger charge is -2.09. The fourth-order valence-corrected chi connectivity index (χ4v) is 2.92. The van der Waals surface area contributed by atoms with E-state index < -0.39 is 10.0 Å². The largest absolute Gasteiger partial charge is 0.494 e. The molecule has 2 amide bonds. The van der Waals surface area contributed by atoms with Gasteiger partial charge in [-0.3, -0.25) is 9.59 Å². The van der Waals surface area contributed by atoms with E-state index in [0.717, 1.165) is 18.4 Å². The highest BCUT2D eigenvalue weighted by Crippen LogP contribution is 2.14. The molecule has 0 saturated carbocycles. The smallest absolute Gasteiger partial charge is 0.251 e. The number of sulfonamides is 1. The van der Waals surface area contributed by atoms with E-state index in [1.54, 1.807) is 0 Å². The molecule has 0 aromatic heterocycles. The van der Waals surface area contributed by atoms with Crippen LogP contribution < -0.4 is 20.5 Å². The van der Waals surface area contributed by atoms with Crippen molar-refractivity contribution in [2.75, 3.05) is 13.2 Å². The lowest BCUT2D eigenvalue weighted by Crippen LogP contribution is -2.23. The molecule has 2 aromatic rings. The first-order valence-electron chi connectivity index (χ1n) is 8.70. The quantitative estimate of drug-likeness (QED) is 0.382. The zero-order chi connectivity index (χ0) is 20.4. The maximum Gasteiger partial charge on any atom is 0.251 e. The van der Waals surface area contributed by atoms with Crippen molar-refractivity contribution in [1.29, 1.82) is 0 Å². The molecule has 0 bridgehead atoms. The van der Waals surface area contributed by atoms with Gasteiger partial charge in [0.25, 0.3) is 5.91 Å². The number of unbranched alkanes of at least 4 members (excludes halogenated alkanes) is 1. The van der Waals surface area contributed by atoms with Crippen LogP contribution in [-0.2, 0) is 21.4 Å². The Bertz CT molecular complexity index is 898. The van der Waals surface area contributed by atoms with Crippen LogP contribution in [0.4, 0.5) is 0 Å². The van der Waals surface area contributed by atoms with E-state index in [1.807, 2.05) is 24.3 Å². The van der Waals surface area contributed by atoms with Gasteiger partial charge in [-0.1, -0.05) is 12.1 Å². The van der Waals surface area contributed by atoms with E-state index in [9.17, 15) is 18.0 Å². The number of nitrogens with two attached hydrogens (primary N) is 1. The molecule has 0 atom stereocenters. The summed E-state index contributed by atoms with van der Waals surface area (Å²) in [5.41, 5.74) is 1.21. The molecule has 0 saturated heterocycles. The zero-order valence-corrected chi connectivity index (χ0v) is 16.1. The number of ether oxygens (including phenoxy) is 1. The minimum Gasteiger partial charge on any atom is -0.494 e. The van der Waals surface area contributed by atoms with Gasteiger partial charge in [0.15, 0.2) is 0 Å². The molecule has 0 fully saturated rings. The summed E-state index contributed by atoms with van der Waals surface area (Å²) in [5, 5.41) is 10.4. The van der Waals surface area contributed by atoms with Gasteiger partial charge < -0.3 is 15.4 Å². The maximum atomic E-state index is 12.2. The summed E-state index contributed by atoms with van der Waals surface area (Å²) < 4.78 is 28.2. The number of primary sulfonamides is 1. The lowest BCUT2D eigenvalue weighted by atomic mass is 10.2. The molecule has 28 heavy (non-hydrogen) atoms. The number of hydrogen-bond acceptors (Lipinski definition) is 5. The van der Waals surface area contributed by atoms with Crippen LogP contribution in [-0.4, -0.2) is 33.9 Å². The van der Waals surface area contributed by atoms with Crippen LogP contribution in [0.3, 0.4) is 0 Å². The Morgan fingerprint density at radius 3 is 2.54 bits per heavy atom. The third-order valence-electron chi connectivity index (χ3n) is 3.86. The first-order valence-corrected chi connectivity index (χ1v) is 10.2. The molecule has 0 heterocycles. The van der Waals surface area contributed by atoms with Gasteiger partial charge in [0.05, 0.1) is 11.5 Å². The Morgan fingerprint density at radius 1 is 1.11 bits per heavy atom. The first-order chi connectivity index (χ1) is 13.4. The fourth-order valence-electron chi connectivity index (χ4n) is 2.40. The monoisotopic (exact) mass is 405 g/mol. The van der Waals surface area contributed by atoms with E-state index in [-0.39, 0.29) is 10.8 Å². The van der Waals surface area contributed by atoms with Crippen molar-refractivity contribution in [2.45, 2.75) is 24.3 Å². The second-order valence-electron chi connectivity index (χ2n) is 6.03. The summed E-state index contributed by atoms with van der Waals surface area (Å²) in [4.78, 5) is 22.3. The molecule has 2 rings (SSSR count). The predicted molar refractivity (Wildman–Crippen MR) is 104 cm³/mol. The Kier molecular flexibility index (Phi) is 7.97. The molecule has 9 heteroatoms. The maximum absolute atomic E-state index is 12.2. The highest BCUT2D eigenvalue weighted by atomic mass is 32.2. The Morgan fingerprint density at radius 2 is 1.86 bits per heavy atom. The molecular formula is C19H23N3O5S. The highest BCUT2D eigenvalue weighted by Gasteiger charge is 2.10. The summed E-state index contributed by atoms with van der Waals surface area (Å²) in [7, 11) is -3.78. The Hall–Kier alpha value is -2.91. The minimum atomic E-state index is -3.78. The summed E-state index contributed by atoms with van der Waals surface area (Å²) in [6, 6.07) is 12.8. The van der Waals surface area contributed by atoms with Crippen LogP contribution in [0, 0.1) is 0 Å². The molecular weight excluding hydrogens is 382 g/mol. The predicted octanol–water partition coefficient (Wildman–Crippen LogP) is 1.17. The van der Waals surface area contributed by atoms with Crippen molar-refractivity contribution >= 4 is 22.3 Å². The van der Waals surface area contributed by atoms with Gasteiger partial charge in [-0.25, -0.2) is 13.6 Å². The number of carbonyl (C=O) groups excluding carboxylic acids is 2. The molecule has 0 radical (unpaired) electrons. The Balaban J connectivity index is 1.83. The molecule has 0 aliphatic heterocycles. The van der Waals surface area contributed by atoms with Crippen LogP contribution in [0.2, 0.25) is 0 Å². The molecule has 0 unspecified atom stereocenters. The molecule has 4 N–H and O–H groups in total. The highest BCUT2D eigenvalue weighted by molar-refractivity contribution is 7.89. The fraction of sp³-hybridized carbons (Fsp3) is 0.263. The van der Waals surface area contributed by atoms with Gasteiger partial charge in [-0.15, -0.1) is 0 Å². The van der Waals surface area contributed by atoms with Crippen molar-refractivity contribution in [2.24, 2.45) is 5.14 Å². The number of carbonyl (C=O) groups is 2. The van der Waals surface area contributed by atoms with E-state index in [1.165, 1.54) is 24.3 Å². The number of benzene rings is 2.